The van der Waals surface area contributed by atoms with Crippen LogP contribution in [0.5, 0.6) is 0 Å². The minimum Gasteiger partial charge on any atom is -0.345 e. The summed E-state index contributed by atoms with van der Waals surface area (Å²) in [4.78, 5) is 6.82. The molecule has 2 aromatic carbocycles. The Labute approximate surface area is 165 Å². The molecule has 0 bridgehead atoms. The number of fused-ring (bicyclic) bond motifs is 1. The molecule has 0 aliphatic carbocycles. The van der Waals surface area contributed by atoms with Crippen LogP contribution in [-0.4, -0.2) is 43.9 Å². The number of benzene rings is 2. The van der Waals surface area contributed by atoms with Crippen LogP contribution in [0.1, 0.15) is 0 Å². The number of piperazine rings is 1. The Balaban J connectivity index is 1.53. The van der Waals surface area contributed by atoms with E-state index in [1.165, 1.54) is 16.4 Å². The maximum absolute atomic E-state index is 12.9. The van der Waals surface area contributed by atoms with E-state index in [-0.39, 0.29) is 9.92 Å². The normalized spacial score (nSPS) is 16.3. The van der Waals surface area contributed by atoms with Crippen LogP contribution in [0.4, 0.5) is 5.13 Å². The summed E-state index contributed by atoms with van der Waals surface area (Å²) >= 11 is 13.7. The van der Waals surface area contributed by atoms with Gasteiger partial charge in [-0.25, -0.2) is 13.4 Å². The Kier molecular flexibility index (Phi) is 4.83. The van der Waals surface area contributed by atoms with Crippen LogP contribution in [0.25, 0.3) is 10.2 Å². The lowest BCUT2D eigenvalue weighted by Crippen LogP contribution is -2.48. The highest BCUT2D eigenvalue weighted by molar-refractivity contribution is 7.89. The van der Waals surface area contributed by atoms with E-state index < -0.39 is 10.0 Å². The molecule has 0 unspecified atom stereocenters. The molecule has 1 aromatic heterocycles. The second-order valence-corrected chi connectivity index (χ2v) is 9.69. The molecule has 0 amide bonds. The van der Waals surface area contributed by atoms with Gasteiger partial charge in [-0.2, -0.15) is 4.31 Å². The summed E-state index contributed by atoms with van der Waals surface area (Å²) in [5.41, 5.74) is 0.966. The van der Waals surface area contributed by atoms with E-state index in [1.807, 2.05) is 24.3 Å². The van der Waals surface area contributed by atoms with Crippen molar-refractivity contribution in [2.75, 3.05) is 31.1 Å². The van der Waals surface area contributed by atoms with E-state index in [9.17, 15) is 8.42 Å². The van der Waals surface area contributed by atoms with Gasteiger partial charge < -0.3 is 4.90 Å². The third kappa shape index (κ3) is 3.30. The number of para-hydroxylation sites is 1. The number of halogens is 2. The lowest BCUT2D eigenvalue weighted by Gasteiger charge is -2.33. The van der Waals surface area contributed by atoms with Crippen molar-refractivity contribution < 1.29 is 8.42 Å². The van der Waals surface area contributed by atoms with E-state index in [1.54, 1.807) is 17.4 Å². The highest BCUT2D eigenvalue weighted by Gasteiger charge is 2.31. The third-order valence-electron chi connectivity index (χ3n) is 4.30. The lowest BCUT2D eigenvalue weighted by molar-refractivity contribution is 0.385. The quantitative estimate of drug-likeness (QED) is 0.630. The standard InChI is InChI=1S/C17H15Cl2N3O2S2/c18-12-5-6-13(19)16(11-12)26(23,24)22-9-7-21(8-10-22)17-20-14-3-1-2-4-15(14)25-17/h1-6,11H,7-10H2. The summed E-state index contributed by atoms with van der Waals surface area (Å²) in [5.74, 6) is 0. The van der Waals surface area contributed by atoms with Gasteiger partial charge in [0.15, 0.2) is 5.13 Å². The first-order valence-electron chi connectivity index (χ1n) is 8.01. The highest BCUT2D eigenvalue weighted by Crippen LogP contribution is 2.31. The average molecular weight is 428 g/mol. The van der Waals surface area contributed by atoms with Crippen molar-refractivity contribution in [3.8, 4) is 0 Å². The van der Waals surface area contributed by atoms with Gasteiger partial charge in [-0.3, -0.25) is 0 Å². The Morgan fingerprint density at radius 2 is 1.73 bits per heavy atom. The van der Waals surface area contributed by atoms with Crippen LogP contribution in [0, 0.1) is 0 Å². The molecule has 4 rings (SSSR count). The van der Waals surface area contributed by atoms with Gasteiger partial charge in [0.1, 0.15) is 4.90 Å². The second kappa shape index (κ2) is 6.98. The molecule has 1 fully saturated rings. The third-order valence-corrected chi connectivity index (χ3v) is 8.02. The summed E-state index contributed by atoms with van der Waals surface area (Å²) < 4.78 is 28.4. The molecule has 0 atom stereocenters. The first-order chi connectivity index (χ1) is 12.4. The fraction of sp³-hybridized carbons (Fsp3) is 0.235. The lowest BCUT2D eigenvalue weighted by atomic mass is 10.3. The summed E-state index contributed by atoms with van der Waals surface area (Å²) in [6, 6.07) is 12.5. The Morgan fingerprint density at radius 3 is 2.46 bits per heavy atom. The SMILES string of the molecule is O=S(=O)(c1cc(Cl)ccc1Cl)N1CCN(c2nc3ccccc3s2)CC1. The van der Waals surface area contributed by atoms with E-state index >= 15 is 0 Å². The number of anilines is 1. The molecular formula is C17H15Cl2N3O2S2. The molecule has 1 aliphatic rings. The van der Waals surface area contributed by atoms with Crippen molar-refractivity contribution in [3.63, 3.8) is 0 Å². The van der Waals surface area contributed by atoms with Crippen molar-refractivity contribution in [1.82, 2.24) is 9.29 Å². The van der Waals surface area contributed by atoms with Gasteiger partial charge in [-0.05, 0) is 30.3 Å². The van der Waals surface area contributed by atoms with Gasteiger partial charge in [0.05, 0.1) is 15.2 Å². The Hall–Kier alpha value is -1.38. The minimum atomic E-state index is -3.67. The number of sulfonamides is 1. The highest BCUT2D eigenvalue weighted by atomic mass is 35.5. The predicted molar refractivity (Wildman–Crippen MR) is 107 cm³/mol. The fourth-order valence-corrected chi connectivity index (χ4v) is 6.11. The van der Waals surface area contributed by atoms with Gasteiger partial charge in [0.2, 0.25) is 10.0 Å². The van der Waals surface area contributed by atoms with Crippen molar-refractivity contribution in [2.45, 2.75) is 4.90 Å². The first-order valence-corrected chi connectivity index (χ1v) is 11.0. The predicted octanol–water partition coefficient (Wildman–Crippen LogP) is 4.11. The zero-order chi connectivity index (χ0) is 18.3. The van der Waals surface area contributed by atoms with E-state index in [0.29, 0.717) is 31.2 Å². The van der Waals surface area contributed by atoms with Gasteiger partial charge in [0, 0.05) is 31.2 Å². The van der Waals surface area contributed by atoms with Crippen LogP contribution in [0.2, 0.25) is 10.0 Å². The number of hydrogen-bond acceptors (Lipinski definition) is 5. The second-order valence-electron chi connectivity index (χ2n) is 5.93. The average Bonchev–Trinajstić information content (AvgIpc) is 3.08. The van der Waals surface area contributed by atoms with E-state index in [2.05, 4.69) is 9.88 Å². The molecule has 0 spiro atoms. The van der Waals surface area contributed by atoms with Crippen molar-refractivity contribution >= 4 is 59.9 Å². The number of thiazole rings is 1. The van der Waals surface area contributed by atoms with Crippen molar-refractivity contribution in [3.05, 3.63) is 52.5 Å². The molecule has 0 radical (unpaired) electrons. The summed E-state index contributed by atoms with van der Waals surface area (Å²) in [6.07, 6.45) is 0. The number of aromatic nitrogens is 1. The molecule has 136 valence electrons. The molecule has 3 aromatic rings. The molecule has 1 aliphatic heterocycles. The summed E-state index contributed by atoms with van der Waals surface area (Å²) in [5, 5.41) is 1.45. The molecular weight excluding hydrogens is 413 g/mol. The molecule has 0 saturated carbocycles. The maximum Gasteiger partial charge on any atom is 0.244 e. The Bertz CT molecular complexity index is 1030. The van der Waals surface area contributed by atoms with Crippen LogP contribution in [0.3, 0.4) is 0 Å². The van der Waals surface area contributed by atoms with Crippen LogP contribution in [0.15, 0.2) is 47.4 Å². The number of hydrogen-bond donors (Lipinski definition) is 0. The van der Waals surface area contributed by atoms with Gasteiger partial charge in [0.25, 0.3) is 0 Å². The van der Waals surface area contributed by atoms with Gasteiger partial charge >= 0.3 is 0 Å². The molecule has 1 saturated heterocycles. The topological polar surface area (TPSA) is 53.5 Å². The minimum absolute atomic E-state index is 0.0557. The van der Waals surface area contributed by atoms with Gasteiger partial charge in [-0.15, -0.1) is 0 Å². The molecule has 2 heterocycles. The monoisotopic (exact) mass is 427 g/mol. The molecule has 9 heteroatoms. The van der Waals surface area contributed by atoms with Crippen LogP contribution < -0.4 is 4.90 Å². The summed E-state index contributed by atoms with van der Waals surface area (Å²) in [6.45, 7) is 1.91. The molecule has 26 heavy (non-hydrogen) atoms. The fourth-order valence-electron chi connectivity index (χ4n) is 2.93. The van der Waals surface area contributed by atoms with Crippen LogP contribution in [-0.2, 0) is 10.0 Å². The molecule has 5 nitrogen and oxygen atoms in total. The zero-order valence-corrected chi connectivity index (χ0v) is 16.7. The van der Waals surface area contributed by atoms with Crippen molar-refractivity contribution in [2.24, 2.45) is 0 Å². The van der Waals surface area contributed by atoms with Gasteiger partial charge in [-0.1, -0.05) is 46.7 Å². The van der Waals surface area contributed by atoms with E-state index in [0.717, 1.165) is 15.3 Å². The smallest absolute Gasteiger partial charge is 0.244 e. The number of nitrogens with zero attached hydrogens (tertiary/aromatic N) is 3. The number of rotatable bonds is 3. The maximum atomic E-state index is 12.9. The Morgan fingerprint density at radius 1 is 1.00 bits per heavy atom. The first kappa shape index (κ1) is 18.0. The zero-order valence-electron chi connectivity index (χ0n) is 13.6. The van der Waals surface area contributed by atoms with Crippen molar-refractivity contribution in [1.29, 1.82) is 0 Å². The summed E-state index contributed by atoms with van der Waals surface area (Å²) in [7, 11) is -3.67. The largest absolute Gasteiger partial charge is 0.345 e. The van der Waals surface area contributed by atoms with Crippen LogP contribution >= 0.6 is 34.5 Å². The van der Waals surface area contributed by atoms with E-state index in [4.69, 9.17) is 23.2 Å². The molecule has 0 N–H and O–H groups in total.